The molecular weight excluding hydrogens is 854 g/mol. The highest BCUT2D eigenvalue weighted by Gasteiger charge is 2.58. The summed E-state index contributed by atoms with van der Waals surface area (Å²) in [5, 5.41) is 4.08. The summed E-state index contributed by atoms with van der Waals surface area (Å²) in [4.78, 5) is 6.84. The van der Waals surface area contributed by atoms with Crippen LogP contribution < -0.4 is 26.2 Å². The van der Waals surface area contributed by atoms with Crippen LogP contribution in [0.25, 0.3) is 48.0 Å². The molecule has 0 bridgehead atoms. The highest BCUT2D eigenvalue weighted by molar-refractivity contribution is 7.26. The number of anilines is 5. The molecule has 0 spiro atoms. The maximum Gasteiger partial charge on any atom is 0.252 e. The first-order chi connectivity index (χ1) is 32.9. The molecule has 1 fully saturated rings. The van der Waals surface area contributed by atoms with Crippen LogP contribution in [0.3, 0.4) is 0 Å². The molecular formula is C64H64BN3S. The minimum Gasteiger partial charge on any atom is -0.334 e. The monoisotopic (exact) mass is 917 g/mol. The molecule has 5 heteroatoms. The number of thiophene rings is 1. The van der Waals surface area contributed by atoms with Crippen LogP contribution in [0.2, 0.25) is 0 Å². The van der Waals surface area contributed by atoms with E-state index in [1.807, 2.05) is 11.3 Å². The molecule has 69 heavy (non-hydrogen) atoms. The van der Waals surface area contributed by atoms with Gasteiger partial charge in [0.1, 0.15) is 4.83 Å². The summed E-state index contributed by atoms with van der Waals surface area (Å²) < 4.78 is 4.01. The molecule has 5 heterocycles. The van der Waals surface area contributed by atoms with E-state index in [0.29, 0.717) is 0 Å². The third-order valence-corrected chi connectivity index (χ3v) is 18.6. The van der Waals surface area contributed by atoms with Crippen molar-refractivity contribution in [1.29, 1.82) is 0 Å². The molecule has 344 valence electrons. The van der Waals surface area contributed by atoms with Gasteiger partial charge >= 0.3 is 0 Å². The normalized spacial score (nSPS) is 19.6. The van der Waals surface area contributed by atoms with E-state index in [-0.39, 0.29) is 33.9 Å². The Labute approximate surface area is 413 Å². The predicted molar refractivity (Wildman–Crippen MR) is 300 cm³/mol. The summed E-state index contributed by atoms with van der Waals surface area (Å²) in [6.07, 6.45) is 4.86. The number of hydrogen-bond acceptors (Lipinski definition) is 3. The lowest BCUT2D eigenvalue weighted by molar-refractivity contribution is 0.195. The van der Waals surface area contributed by atoms with Gasteiger partial charge in [0.05, 0.1) is 16.7 Å². The number of para-hydroxylation sites is 1. The van der Waals surface area contributed by atoms with Crippen LogP contribution in [0.15, 0.2) is 140 Å². The quantitative estimate of drug-likeness (QED) is 0.164. The lowest BCUT2D eigenvalue weighted by atomic mass is 9.33. The molecule has 13 rings (SSSR count). The van der Waals surface area contributed by atoms with Gasteiger partial charge in [0.15, 0.2) is 0 Å². The van der Waals surface area contributed by atoms with Gasteiger partial charge in [0.25, 0.3) is 6.71 Å². The summed E-state index contributed by atoms with van der Waals surface area (Å²) in [7, 11) is 0. The molecule has 1 saturated carbocycles. The maximum atomic E-state index is 2.80. The molecule has 3 aliphatic heterocycles. The van der Waals surface area contributed by atoms with Gasteiger partial charge in [0.2, 0.25) is 0 Å². The number of nitrogens with zero attached hydrogens (tertiary/aromatic N) is 3. The highest BCUT2D eigenvalue weighted by atomic mass is 32.1. The predicted octanol–water partition coefficient (Wildman–Crippen LogP) is 15.9. The van der Waals surface area contributed by atoms with E-state index in [9.17, 15) is 0 Å². The van der Waals surface area contributed by atoms with Crippen LogP contribution in [0.5, 0.6) is 0 Å². The van der Waals surface area contributed by atoms with E-state index in [1.165, 1.54) is 134 Å². The number of rotatable bonds is 3. The highest BCUT2D eigenvalue weighted by Crippen LogP contribution is 2.62. The first-order valence-electron chi connectivity index (χ1n) is 25.6. The van der Waals surface area contributed by atoms with Gasteiger partial charge in [0, 0.05) is 60.3 Å². The zero-order chi connectivity index (χ0) is 47.7. The summed E-state index contributed by atoms with van der Waals surface area (Å²) in [5.41, 5.74) is 21.2. The topological polar surface area (TPSA) is 11.4 Å². The molecule has 9 aromatic rings. The number of benzene rings is 7. The van der Waals surface area contributed by atoms with Crippen molar-refractivity contribution >= 4 is 94.1 Å². The second-order valence-electron chi connectivity index (χ2n) is 24.5. The summed E-state index contributed by atoms with van der Waals surface area (Å²) in [6, 6.07) is 55.0. The average Bonchev–Trinajstić information content (AvgIpc) is 3.92. The minimum atomic E-state index is -0.110. The first kappa shape index (κ1) is 43.0. The van der Waals surface area contributed by atoms with Crippen LogP contribution >= 0.6 is 11.3 Å². The van der Waals surface area contributed by atoms with Crippen molar-refractivity contribution in [3.63, 3.8) is 0 Å². The zero-order valence-corrected chi connectivity index (χ0v) is 43.3. The molecule has 0 N–H and O–H groups in total. The second-order valence-corrected chi connectivity index (χ2v) is 25.6. The van der Waals surface area contributed by atoms with Crippen molar-refractivity contribution in [2.24, 2.45) is 0 Å². The molecule has 7 aromatic carbocycles. The van der Waals surface area contributed by atoms with E-state index >= 15 is 0 Å². The van der Waals surface area contributed by atoms with Crippen molar-refractivity contribution in [1.82, 2.24) is 4.57 Å². The summed E-state index contributed by atoms with van der Waals surface area (Å²) in [5.74, 6) is 0. The van der Waals surface area contributed by atoms with Crippen molar-refractivity contribution in [2.45, 2.75) is 129 Å². The largest absolute Gasteiger partial charge is 0.334 e. The van der Waals surface area contributed by atoms with Gasteiger partial charge in [-0.3, -0.25) is 0 Å². The number of aromatic nitrogens is 1. The molecule has 1 aliphatic carbocycles. The SMILES string of the molecule is CC(C)(C)c1ccc(N2c3cc(N4c5ccc(C(C)(C)C)cc5C5(C)CCCCC45C)ccc3B3c4c2cc(C(C)(C)C)cc4-n2c4sc5ccccc5c4c4cccc3c42)c(-c2ccccc2)c1. The smallest absolute Gasteiger partial charge is 0.252 e. The fraction of sp³-hybridized carbons (Fsp3) is 0.312. The van der Waals surface area contributed by atoms with Gasteiger partial charge in [-0.1, -0.05) is 173 Å². The zero-order valence-electron chi connectivity index (χ0n) is 42.4. The van der Waals surface area contributed by atoms with E-state index in [0.717, 1.165) is 6.42 Å². The Morgan fingerprint density at radius 2 is 1.20 bits per heavy atom. The van der Waals surface area contributed by atoms with E-state index < -0.39 is 0 Å². The van der Waals surface area contributed by atoms with Crippen molar-refractivity contribution in [2.75, 3.05) is 9.80 Å². The van der Waals surface area contributed by atoms with Crippen LogP contribution in [-0.2, 0) is 21.7 Å². The molecule has 2 aromatic heterocycles. The van der Waals surface area contributed by atoms with Crippen LogP contribution in [0.4, 0.5) is 28.4 Å². The summed E-state index contributed by atoms with van der Waals surface area (Å²) >= 11 is 1.94. The number of hydrogen-bond donors (Lipinski definition) is 0. The van der Waals surface area contributed by atoms with Crippen molar-refractivity contribution < 1.29 is 0 Å². The molecule has 0 radical (unpaired) electrons. The standard InChI is InChI=1S/C64H64BN3S/c1-60(2,3)40-26-30-50(46(34-40)39-20-13-12-14-21-39)66-52-38-43(68-51-31-27-41(61(4,5)6)35-47(51)63(10)32-17-18-33-64(63,68)11)28-29-48(52)65-49-24-19-23-45-56-44-22-15-16-25-55(44)69-59(56)67(58(45)49)54-37-42(62(7,8)9)36-53(66)57(54)65/h12-16,19-31,34-38H,17-18,32-33H2,1-11H3. The number of fused-ring (bicyclic) bond motifs is 12. The molecule has 3 nitrogen and oxygen atoms in total. The van der Waals surface area contributed by atoms with Gasteiger partial charge in [-0.2, -0.15) is 0 Å². The Kier molecular flexibility index (Phi) is 8.91. The molecule has 0 saturated heterocycles. The molecule has 0 amide bonds. The van der Waals surface area contributed by atoms with Gasteiger partial charge in [-0.15, -0.1) is 11.3 Å². The van der Waals surface area contributed by atoms with E-state index in [1.54, 1.807) is 0 Å². The van der Waals surface area contributed by atoms with Gasteiger partial charge in [-0.25, -0.2) is 0 Å². The molecule has 2 atom stereocenters. The van der Waals surface area contributed by atoms with E-state index in [2.05, 4.69) is 230 Å². The Hall–Kier alpha value is -6.04. The van der Waals surface area contributed by atoms with Crippen LogP contribution in [0.1, 0.15) is 124 Å². The Morgan fingerprint density at radius 3 is 1.96 bits per heavy atom. The van der Waals surface area contributed by atoms with Crippen molar-refractivity contribution in [3.8, 4) is 16.8 Å². The van der Waals surface area contributed by atoms with Crippen LogP contribution in [0, 0.1) is 0 Å². The Bertz CT molecular complexity index is 3630. The fourth-order valence-electron chi connectivity index (χ4n) is 13.4. The summed E-state index contributed by atoms with van der Waals surface area (Å²) in [6.45, 7) is 26.5. The lowest BCUT2D eigenvalue weighted by Crippen LogP contribution is -2.60. The Morgan fingerprint density at radius 1 is 0.536 bits per heavy atom. The first-order valence-corrected chi connectivity index (χ1v) is 26.4. The maximum absolute atomic E-state index is 2.80. The fourth-order valence-corrected chi connectivity index (χ4v) is 14.6. The average molecular weight is 918 g/mol. The van der Waals surface area contributed by atoms with Gasteiger partial charge in [-0.05, 0) is 129 Å². The molecule has 4 aliphatic rings. The van der Waals surface area contributed by atoms with Crippen LogP contribution in [-0.4, -0.2) is 16.8 Å². The minimum absolute atomic E-state index is 0.0191. The van der Waals surface area contributed by atoms with Crippen molar-refractivity contribution in [3.05, 3.63) is 162 Å². The van der Waals surface area contributed by atoms with E-state index in [4.69, 9.17) is 0 Å². The Balaban J connectivity index is 1.15. The molecule has 2 unspecified atom stereocenters. The third kappa shape index (κ3) is 5.92. The van der Waals surface area contributed by atoms with Gasteiger partial charge < -0.3 is 14.4 Å². The second kappa shape index (κ2) is 14.3. The third-order valence-electron chi connectivity index (χ3n) is 17.4. The lowest BCUT2D eigenvalue weighted by Gasteiger charge is -2.50.